The summed E-state index contributed by atoms with van der Waals surface area (Å²) >= 11 is 14.6. The molecule has 0 bridgehead atoms. The molecule has 0 fully saturated rings. The maximum atomic E-state index is 11.1. The number of hydrogen-bond donors (Lipinski definition) is 1. The van der Waals surface area contributed by atoms with Crippen LogP contribution < -0.4 is 5.73 Å². The van der Waals surface area contributed by atoms with E-state index in [1.54, 1.807) is 19.1 Å². The van der Waals surface area contributed by atoms with Crippen molar-refractivity contribution < 1.29 is 4.79 Å². The molecule has 0 aromatic carbocycles. The number of primary amides is 1. The monoisotopic (exact) mass is 296 g/mol. The molecule has 0 spiro atoms. The SMILES string of the molecule is CC(Br)(C(N)=O)c1ccc(Cl)nc1Cl. The molecule has 1 atom stereocenters. The zero-order valence-corrected chi connectivity index (χ0v) is 10.3. The number of pyridine rings is 1. The Labute approximate surface area is 99.7 Å². The molecule has 0 saturated heterocycles. The molecule has 1 aromatic heterocycles. The predicted octanol–water partition coefficient (Wildman–Crippen LogP) is 2.48. The number of hydrogen-bond acceptors (Lipinski definition) is 2. The highest BCUT2D eigenvalue weighted by Crippen LogP contribution is 2.34. The van der Waals surface area contributed by atoms with Gasteiger partial charge in [0, 0.05) is 5.56 Å². The minimum atomic E-state index is -1.03. The molecule has 14 heavy (non-hydrogen) atoms. The maximum Gasteiger partial charge on any atom is 0.238 e. The molecule has 3 nitrogen and oxygen atoms in total. The number of halogens is 3. The van der Waals surface area contributed by atoms with E-state index < -0.39 is 10.2 Å². The van der Waals surface area contributed by atoms with Gasteiger partial charge in [-0.05, 0) is 13.0 Å². The van der Waals surface area contributed by atoms with Gasteiger partial charge in [0.1, 0.15) is 14.6 Å². The molecule has 1 amide bonds. The van der Waals surface area contributed by atoms with Gasteiger partial charge < -0.3 is 5.73 Å². The van der Waals surface area contributed by atoms with E-state index in [2.05, 4.69) is 20.9 Å². The van der Waals surface area contributed by atoms with Crippen molar-refractivity contribution in [1.29, 1.82) is 0 Å². The summed E-state index contributed by atoms with van der Waals surface area (Å²) in [6, 6.07) is 3.16. The van der Waals surface area contributed by atoms with Crippen molar-refractivity contribution in [2.24, 2.45) is 5.73 Å². The Hall–Kier alpha value is -0.320. The molecule has 0 aliphatic heterocycles. The minimum Gasteiger partial charge on any atom is -0.368 e. The summed E-state index contributed by atoms with van der Waals surface area (Å²) < 4.78 is -1.03. The van der Waals surface area contributed by atoms with Crippen LogP contribution in [0.4, 0.5) is 0 Å². The van der Waals surface area contributed by atoms with Crippen LogP contribution in [0.1, 0.15) is 12.5 Å². The molecule has 0 aliphatic carbocycles. The van der Waals surface area contributed by atoms with Gasteiger partial charge in [0.05, 0.1) is 0 Å². The van der Waals surface area contributed by atoms with Gasteiger partial charge in [-0.3, -0.25) is 4.79 Å². The average molecular weight is 298 g/mol. The Kier molecular flexibility index (Phi) is 3.40. The van der Waals surface area contributed by atoms with Crippen LogP contribution in [-0.2, 0) is 9.12 Å². The minimum absolute atomic E-state index is 0.163. The lowest BCUT2D eigenvalue weighted by atomic mass is 10.0. The third-order valence-corrected chi connectivity index (χ3v) is 3.10. The fourth-order valence-corrected chi connectivity index (χ4v) is 1.86. The first-order valence-corrected chi connectivity index (χ1v) is 5.22. The van der Waals surface area contributed by atoms with E-state index in [-0.39, 0.29) is 10.3 Å². The van der Waals surface area contributed by atoms with E-state index in [4.69, 9.17) is 28.9 Å². The van der Waals surface area contributed by atoms with Crippen LogP contribution in [0.2, 0.25) is 10.3 Å². The number of nitrogens with zero attached hydrogens (tertiary/aromatic N) is 1. The van der Waals surface area contributed by atoms with Gasteiger partial charge in [-0.1, -0.05) is 45.2 Å². The molecule has 1 rings (SSSR count). The number of carbonyl (C=O) groups is 1. The number of aromatic nitrogens is 1. The van der Waals surface area contributed by atoms with E-state index in [0.717, 1.165) is 0 Å². The molecule has 0 saturated carbocycles. The summed E-state index contributed by atoms with van der Waals surface area (Å²) in [7, 11) is 0. The van der Waals surface area contributed by atoms with Crippen molar-refractivity contribution in [2.75, 3.05) is 0 Å². The van der Waals surface area contributed by atoms with Crippen molar-refractivity contribution in [2.45, 2.75) is 11.2 Å². The quantitative estimate of drug-likeness (QED) is 0.673. The van der Waals surface area contributed by atoms with Crippen LogP contribution in [0, 0.1) is 0 Å². The Morgan fingerprint density at radius 2 is 2.14 bits per heavy atom. The van der Waals surface area contributed by atoms with Crippen molar-refractivity contribution in [3.63, 3.8) is 0 Å². The van der Waals surface area contributed by atoms with Crippen molar-refractivity contribution in [3.8, 4) is 0 Å². The molecule has 1 heterocycles. The van der Waals surface area contributed by atoms with Crippen molar-refractivity contribution in [3.05, 3.63) is 28.0 Å². The number of nitrogens with two attached hydrogens (primary N) is 1. The lowest BCUT2D eigenvalue weighted by Crippen LogP contribution is -2.33. The second-order valence-corrected chi connectivity index (χ2v) is 5.17. The lowest BCUT2D eigenvalue weighted by molar-refractivity contribution is -0.119. The summed E-state index contributed by atoms with van der Waals surface area (Å²) in [6.07, 6.45) is 0. The van der Waals surface area contributed by atoms with Gasteiger partial charge >= 0.3 is 0 Å². The third kappa shape index (κ3) is 2.19. The second kappa shape index (κ2) is 4.04. The van der Waals surface area contributed by atoms with Crippen molar-refractivity contribution in [1.82, 2.24) is 4.98 Å². The fraction of sp³-hybridized carbons (Fsp3) is 0.250. The van der Waals surface area contributed by atoms with E-state index >= 15 is 0 Å². The molecule has 6 heteroatoms. The van der Waals surface area contributed by atoms with Gasteiger partial charge in [0.15, 0.2) is 0 Å². The first-order valence-electron chi connectivity index (χ1n) is 3.67. The van der Waals surface area contributed by atoms with Crippen LogP contribution >= 0.6 is 39.1 Å². The summed E-state index contributed by atoms with van der Waals surface area (Å²) in [5, 5.41) is 0.433. The topological polar surface area (TPSA) is 56.0 Å². The first-order chi connectivity index (χ1) is 6.35. The van der Waals surface area contributed by atoms with Crippen LogP contribution in [-0.4, -0.2) is 10.9 Å². The smallest absolute Gasteiger partial charge is 0.238 e. The molecule has 2 N–H and O–H groups in total. The van der Waals surface area contributed by atoms with Crippen LogP contribution in [0.3, 0.4) is 0 Å². The molecule has 0 aliphatic rings. The zero-order valence-electron chi connectivity index (χ0n) is 7.22. The molecular weight excluding hydrogens is 291 g/mol. The molecular formula is C8H7BrCl2N2O. The second-order valence-electron chi connectivity index (χ2n) is 2.84. The Bertz CT molecular complexity index is 382. The summed E-state index contributed by atoms with van der Waals surface area (Å²) in [5.41, 5.74) is 5.70. The van der Waals surface area contributed by atoms with Crippen LogP contribution in [0.5, 0.6) is 0 Å². The lowest BCUT2D eigenvalue weighted by Gasteiger charge is -2.19. The molecule has 1 aromatic rings. The van der Waals surface area contributed by atoms with Gasteiger partial charge in [-0.15, -0.1) is 0 Å². The standard InChI is InChI=1S/C8H7BrCl2N2O/c1-8(9,7(12)14)4-2-3-5(10)13-6(4)11/h2-3H,1H3,(H2,12,14). The van der Waals surface area contributed by atoms with E-state index in [9.17, 15) is 4.79 Å². The maximum absolute atomic E-state index is 11.1. The highest BCUT2D eigenvalue weighted by molar-refractivity contribution is 9.10. The summed E-state index contributed by atoms with van der Waals surface area (Å²) in [5.74, 6) is -0.538. The van der Waals surface area contributed by atoms with Gasteiger partial charge in [0.25, 0.3) is 0 Å². The Balaban J connectivity index is 3.26. The van der Waals surface area contributed by atoms with Gasteiger partial charge in [-0.2, -0.15) is 0 Å². The fourth-order valence-electron chi connectivity index (χ4n) is 0.895. The number of alkyl halides is 1. The number of carbonyl (C=O) groups excluding carboxylic acids is 1. The number of rotatable bonds is 2. The average Bonchev–Trinajstić information content (AvgIpc) is 2.02. The van der Waals surface area contributed by atoms with Crippen molar-refractivity contribution >= 4 is 45.0 Å². The molecule has 1 unspecified atom stereocenters. The molecule has 0 radical (unpaired) electrons. The predicted molar refractivity (Wildman–Crippen MR) is 59.7 cm³/mol. The zero-order chi connectivity index (χ0) is 10.9. The summed E-state index contributed by atoms with van der Waals surface area (Å²) in [6.45, 7) is 1.60. The van der Waals surface area contributed by atoms with Gasteiger partial charge in [0.2, 0.25) is 5.91 Å². The Morgan fingerprint density at radius 3 is 2.57 bits per heavy atom. The normalized spacial score (nSPS) is 14.9. The van der Waals surface area contributed by atoms with E-state index in [0.29, 0.717) is 5.56 Å². The van der Waals surface area contributed by atoms with E-state index in [1.165, 1.54) is 0 Å². The first kappa shape index (κ1) is 11.8. The van der Waals surface area contributed by atoms with E-state index in [1.807, 2.05) is 0 Å². The molecule has 76 valence electrons. The summed E-state index contributed by atoms with van der Waals surface area (Å²) in [4.78, 5) is 14.9. The Morgan fingerprint density at radius 1 is 1.57 bits per heavy atom. The van der Waals surface area contributed by atoms with Gasteiger partial charge in [-0.25, -0.2) is 4.98 Å². The van der Waals surface area contributed by atoms with Crippen LogP contribution in [0.15, 0.2) is 12.1 Å². The third-order valence-electron chi connectivity index (χ3n) is 1.78. The van der Waals surface area contributed by atoms with Crippen LogP contribution in [0.25, 0.3) is 0 Å². The largest absolute Gasteiger partial charge is 0.368 e. The highest BCUT2D eigenvalue weighted by Gasteiger charge is 2.32. The highest BCUT2D eigenvalue weighted by atomic mass is 79.9. The number of amides is 1.